The van der Waals surface area contributed by atoms with Gasteiger partial charge in [-0.2, -0.15) is 0 Å². The molecule has 2 N–H and O–H groups in total. The Morgan fingerprint density at radius 2 is 2.05 bits per heavy atom. The van der Waals surface area contributed by atoms with Crippen LogP contribution in [-0.2, 0) is 13.1 Å². The van der Waals surface area contributed by atoms with E-state index in [0.717, 1.165) is 42.8 Å². The SMILES string of the molecule is CC1CCN(Cc2oc3ccccc3c2CN)CC1C. The third-order valence-corrected chi connectivity index (χ3v) is 4.77. The first-order chi connectivity index (χ1) is 9.69. The highest BCUT2D eigenvalue weighted by molar-refractivity contribution is 5.82. The third-order valence-electron chi connectivity index (χ3n) is 4.77. The molecule has 1 aromatic carbocycles. The molecule has 3 rings (SSSR count). The summed E-state index contributed by atoms with van der Waals surface area (Å²) in [6.07, 6.45) is 1.28. The van der Waals surface area contributed by atoms with Crippen LogP contribution in [0, 0.1) is 11.8 Å². The molecule has 0 aliphatic carbocycles. The predicted octanol–water partition coefficient (Wildman–Crippen LogP) is 3.37. The fraction of sp³-hybridized carbons (Fsp3) is 0.529. The number of hydrogen-bond acceptors (Lipinski definition) is 3. The van der Waals surface area contributed by atoms with Gasteiger partial charge in [-0.15, -0.1) is 0 Å². The Morgan fingerprint density at radius 3 is 2.80 bits per heavy atom. The minimum absolute atomic E-state index is 0.548. The molecule has 20 heavy (non-hydrogen) atoms. The van der Waals surface area contributed by atoms with Crippen LogP contribution in [0.15, 0.2) is 28.7 Å². The van der Waals surface area contributed by atoms with Crippen molar-refractivity contribution in [3.63, 3.8) is 0 Å². The van der Waals surface area contributed by atoms with Crippen molar-refractivity contribution in [2.45, 2.75) is 33.4 Å². The lowest BCUT2D eigenvalue weighted by atomic mass is 9.88. The number of piperidine rings is 1. The van der Waals surface area contributed by atoms with E-state index >= 15 is 0 Å². The molecular weight excluding hydrogens is 248 g/mol. The Bertz CT molecular complexity index is 590. The van der Waals surface area contributed by atoms with Crippen molar-refractivity contribution in [2.75, 3.05) is 13.1 Å². The van der Waals surface area contributed by atoms with Gasteiger partial charge in [0.1, 0.15) is 11.3 Å². The summed E-state index contributed by atoms with van der Waals surface area (Å²) in [7, 11) is 0. The van der Waals surface area contributed by atoms with Crippen LogP contribution in [0.1, 0.15) is 31.6 Å². The van der Waals surface area contributed by atoms with Gasteiger partial charge in [0.05, 0.1) is 6.54 Å². The highest BCUT2D eigenvalue weighted by atomic mass is 16.3. The molecular formula is C17H24N2O. The number of nitrogens with two attached hydrogens (primary N) is 1. The van der Waals surface area contributed by atoms with Crippen molar-refractivity contribution in [1.82, 2.24) is 4.90 Å². The Balaban J connectivity index is 1.84. The van der Waals surface area contributed by atoms with E-state index in [1.54, 1.807) is 0 Å². The number of rotatable bonds is 3. The molecule has 1 saturated heterocycles. The van der Waals surface area contributed by atoms with E-state index in [2.05, 4.69) is 24.8 Å². The smallest absolute Gasteiger partial charge is 0.134 e. The first-order valence-electron chi connectivity index (χ1n) is 7.60. The average molecular weight is 272 g/mol. The van der Waals surface area contributed by atoms with Crippen LogP contribution < -0.4 is 5.73 Å². The molecule has 3 nitrogen and oxygen atoms in total. The number of para-hydroxylation sites is 1. The molecule has 0 bridgehead atoms. The molecule has 1 aliphatic heterocycles. The number of fused-ring (bicyclic) bond motifs is 1. The molecule has 1 fully saturated rings. The first kappa shape index (κ1) is 13.7. The van der Waals surface area contributed by atoms with Crippen molar-refractivity contribution >= 4 is 11.0 Å². The summed E-state index contributed by atoms with van der Waals surface area (Å²) in [5.41, 5.74) is 8.07. The van der Waals surface area contributed by atoms with Gasteiger partial charge >= 0.3 is 0 Å². The maximum Gasteiger partial charge on any atom is 0.134 e. The Labute approximate surface area is 120 Å². The van der Waals surface area contributed by atoms with Crippen molar-refractivity contribution in [3.8, 4) is 0 Å². The highest BCUT2D eigenvalue weighted by Gasteiger charge is 2.24. The molecule has 2 heterocycles. The molecule has 1 aromatic heterocycles. The molecule has 0 spiro atoms. The predicted molar refractivity (Wildman–Crippen MR) is 82.3 cm³/mol. The van der Waals surface area contributed by atoms with Gasteiger partial charge in [0.15, 0.2) is 0 Å². The molecule has 2 unspecified atom stereocenters. The third kappa shape index (κ3) is 2.48. The monoisotopic (exact) mass is 272 g/mol. The molecule has 0 saturated carbocycles. The van der Waals surface area contributed by atoms with Crippen LogP contribution in [0.4, 0.5) is 0 Å². The van der Waals surface area contributed by atoms with Gasteiger partial charge in [-0.05, 0) is 30.9 Å². The topological polar surface area (TPSA) is 42.4 Å². The minimum atomic E-state index is 0.548. The van der Waals surface area contributed by atoms with E-state index in [-0.39, 0.29) is 0 Å². The fourth-order valence-electron chi connectivity index (χ4n) is 3.20. The van der Waals surface area contributed by atoms with Crippen molar-refractivity contribution in [1.29, 1.82) is 0 Å². The maximum absolute atomic E-state index is 6.03. The highest BCUT2D eigenvalue weighted by Crippen LogP contribution is 2.29. The average Bonchev–Trinajstić information content (AvgIpc) is 2.80. The van der Waals surface area contributed by atoms with Gasteiger partial charge in [0.2, 0.25) is 0 Å². The van der Waals surface area contributed by atoms with E-state index in [1.165, 1.54) is 17.4 Å². The minimum Gasteiger partial charge on any atom is -0.459 e. The van der Waals surface area contributed by atoms with Gasteiger partial charge in [-0.3, -0.25) is 4.90 Å². The number of nitrogens with zero attached hydrogens (tertiary/aromatic N) is 1. The molecule has 2 atom stereocenters. The van der Waals surface area contributed by atoms with Gasteiger partial charge < -0.3 is 10.2 Å². The quantitative estimate of drug-likeness (QED) is 0.931. The van der Waals surface area contributed by atoms with Gasteiger partial charge in [-0.1, -0.05) is 32.0 Å². The van der Waals surface area contributed by atoms with E-state index in [0.29, 0.717) is 6.54 Å². The van der Waals surface area contributed by atoms with Gasteiger partial charge in [0, 0.05) is 24.0 Å². The van der Waals surface area contributed by atoms with Crippen LogP contribution in [0.3, 0.4) is 0 Å². The summed E-state index contributed by atoms with van der Waals surface area (Å²) in [6.45, 7) is 8.45. The van der Waals surface area contributed by atoms with E-state index in [9.17, 15) is 0 Å². The Morgan fingerprint density at radius 1 is 1.25 bits per heavy atom. The largest absolute Gasteiger partial charge is 0.459 e. The number of furan rings is 1. The van der Waals surface area contributed by atoms with Crippen molar-refractivity contribution in [2.24, 2.45) is 17.6 Å². The second kappa shape index (κ2) is 5.58. The molecule has 108 valence electrons. The zero-order valence-corrected chi connectivity index (χ0v) is 12.4. The standard InChI is InChI=1S/C17H24N2O/c1-12-7-8-19(10-13(12)2)11-17-15(9-18)14-5-3-4-6-16(14)20-17/h3-6,12-13H,7-11,18H2,1-2H3. The lowest BCUT2D eigenvalue weighted by Gasteiger charge is -2.34. The van der Waals surface area contributed by atoms with Crippen LogP contribution in [0.5, 0.6) is 0 Å². The van der Waals surface area contributed by atoms with E-state index < -0.39 is 0 Å². The molecule has 2 aromatic rings. The number of likely N-dealkylation sites (tertiary alicyclic amines) is 1. The fourth-order valence-corrected chi connectivity index (χ4v) is 3.20. The summed E-state index contributed by atoms with van der Waals surface area (Å²) < 4.78 is 6.03. The normalized spacial score (nSPS) is 24.4. The summed E-state index contributed by atoms with van der Waals surface area (Å²) in [5, 5.41) is 1.17. The Kier molecular flexibility index (Phi) is 3.81. The first-order valence-corrected chi connectivity index (χ1v) is 7.60. The zero-order chi connectivity index (χ0) is 14.1. The molecule has 3 heteroatoms. The van der Waals surface area contributed by atoms with E-state index in [1.807, 2.05) is 18.2 Å². The summed E-state index contributed by atoms with van der Waals surface area (Å²) in [4.78, 5) is 2.50. The van der Waals surface area contributed by atoms with Crippen molar-refractivity contribution < 1.29 is 4.42 Å². The molecule has 0 radical (unpaired) electrons. The van der Waals surface area contributed by atoms with Gasteiger partial charge in [-0.25, -0.2) is 0 Å². The van der Waals surface area contributed by atoms with Gasteiger partial charge in [0.25, 0.3) is 0 Å². The maximum atomic E-state index is 6.03. The lowest BCUT2D eigenvalue weighted by molar-refractivity contribution is 0.125. The van der Waals surface area contributed by atoms with Crippen LogP contribution in [-0.4, -0.2) is 18.0 Å². The van der Waals surface area contributed by atoms with Crippen LogP contribution in [0.25, 0.3) is 11.0 Å². The summed E-state index contributed by atoms with van der Waals surface area (Å²) >= 11 is 0. The number of benzene rings is 1. The second-order valence-corrected chi connectivity index (χ2v) is 6.18. The molecule has 1 aliphatic rings. The summed E-state index contributed by atoms with van der Waals surface area (Å²) in [6, 6.07) is 8.19. The molecule has 0 amide bonds. The lowest BCUT2D eigenvalue weighted by Crippen LogP contribution is -2.37. The van der Waals surface area contributed by atoms with Crippen LogP contribution in [0.2, 0.25) is 0 Å². The van der Waals surface area contributed by atoms with Crippen LogP contribution >= 0.6 is 0 Å². The second-order valence-electron chi connectivity index (χ2n) is 6.18. The number of hydrogen-bond donors (Lipinski definition) is 1. The van der Waals surface area contributed by atoms with E-state index in [4.69, 9.17) is 10.2 Å². The Hall–Kier alpha value is -1.32. The summed E-state index contributed by atoms with van der Waals surface area (Å²) in [5.74, 6) is 2.64. The van der Waals surface area contributed by atoms with Crippen molar-refractivity contribution in [3.05, 3.63) is 35.6 Å². The zero-order valence-electron chi connectivity index (χ0n) is 12.4.